The number of benzene rings is 1. The molecule has 1 aromatic carbocycles. The molecule has 0 amide bonds. The number of para-hydroxylation sites is 1. The van der Waals surface area contributed by atoms with E-state index in [1.54, 1.807) is 13.3 Å². The topological polar surface area (TPSA) is 41.5 Å². The van der Waals surface area contributed by atoms with Crippen LogP contribution in [-0.2, 0) is 0 Å². The molecule has 2 aromatic rings. The maximum Gasteiger partial charge on any atom is 0.224 e. The molecule has 2 heterocycles. The number of halogens is 1. The Morgan fingerprint density at radius 2 is 2.00 bits per heavy atom. The maximum atomic E-state index is 5.95. The van der Waals surface area contributed by atoms with Gasteiger partial charge < -0.3 is 14.5 Å². The van der Waals surface area contributed by atoms with Crippen LogP contribution in [0.5, 0.6) is 5.75 Å². The van der Waals surface area contributed by atoms with E-state index in [1.165, 1.54) is 5.69 Å². The summed E-state index contributed by atoms with van der Waals surface area (Å²) in [5.41, 5.74) is 1.25. The first kappa shape index (κ1) is 14.9. The van der Waals surface area contributed by atoms with Crippen molar-refractivity contribution in [1.82, 2.24) is 9.97 Å². The van der Waals surface area contributed by atoms with Crippen LogP contribution >= 0.6 is 11.6 Å². The van der Waals surface area contributed by atoms with Gasteiger partial charge >= 0.3 is 0 Å². The summed E-state index contributed by atoms with van der Waals surface area (Å²) in [5.74, 6) is 1.42. The van der Waals surface area contributed by atoms with E-state index in [0.717, 1.165) is 25.5 Å². The molecule has 0 N–H and O–H groups in total. The lowest BCUT2D eigenvalue weighted by molar-refractivity contribution is 0.406. The van der Waals surface area contributed by atoms with Gasteiger partial charge in [0.1, 0.15) is 0 Å². The minimum Gasteiger partial charge on any atom is -0.491 e. The van der Waals surface area contributed by atoms with E-state index < -0.39 is 0 Å². The van der Waals surface area contributed by atoms with Gasteiger partial charge in [0, 0.05) is 31.4 Å². The molecule has 0 spiro atoms. The highest BCUT2D eigenvalue weighted by Gasteiger charge is 2.27. The highest BCUT2D eigenvalue weighted by atomic mass is 35.5. The molecule has 0 saturated carbocycles. The predicted octanol–water partition coefficient (Wildman–Crippen LogP) is 2.85. The predicted molar refractivity (Wildman–Crippen MR) is 89.1 cm³/mol. The van der Waals surface area contributed by atoms with Crippen molar-refractivity contribution < 1.29 is 4.74 Å². The lowest BCUT2D eigenvalue weighted by Gasteiger charge is -2.41. The van der Waals surface area contributed by atoms with Gasteiger partial charge in [-0.3, -0.25) is 0 Å². The minimum absolute atomic E-state index is 0.244. The first-order valence-electron chi connectivity index (χ1n) is 7.32. The zero-order valence-electron chi connectivity index (χ0n) is 12.7. The van der Waals surface area contributed by atoms with Gasteiger partial charge in [0.15, 0.2) is 11.6 Å². The van der Waals surface area contributed by atoms with Gasteiger partial charge in [-0.25, -0.2) is 4.98 Å². The highest BCUT2D eigenvalue weighted by Crippen LogP contribution is 2.30. The van der Waals surface area contributed by atoms with Gasteiger partial charge in [-0.2, -0.15) is 4.98 Å². The van der Waals surface area contributed by atoms with E-state index >= 15 is 0 Å². The Labute approximate surface area is 135 Å². The number of anilines is 2. The van der Waals surface area contributed by atoms with E-state index in [1.807, 2.05) is 6.07 Å². The number of hydrogen-bond donors (Lipinski definition) is 0. The average Bonchev–Trinajstić information content (AvgIpc) is 2.55. The Morgan fingerprint density at radius 1 is 1.23 bits per heavy atom. The molecule has 1 aromatic heterocycles. The molecule has 5 nitrogen and oxygen atoms in total. The summed E-state index contributed by atoms with van der Waals surface area (Å²) in [6.07, 6.45) is 1.63. The number of piperazine rings is 1. The highest BCUT2D eigenvalue weighted by molar-refractivity contribution is 6.28. The van der Waals surface area contributed by atoms with Gasteiger partial charge in [-0.1, -0.05) is 18.2 Å². The molecule has 1 saturated heterocycles. The van der Waals surface area contributed by atoms with Crippen molar-refractivity contribution in [2.45, 2.75) is 13.0 Å². The summed E-state index contributed by atoms with van der Waals surface area (Å²) < 4.78 is 5.37. The monoisotopic (exact) mass is 318 g/mol. The zero-order valence-corrected chi connectivity index (χ0v) is 13.5. The van der Waals surface area contributed by atoms with Crippen molar-refractivity contribution in [3.8, 4) is 5.75 Å². The van der Waals surface area contributed by atoms with Crippen molar-refractivity contribution >= 4 is 23.1 Å². The van der Waals surface area contributed by atoms with Crippen LogP contribution in [0.3, 0.4) is 0 Å². The van der Waals surface area contributed by atoms with Crippen LogP contribution in [0.25, 0.3) is 0 Å². The van der Waals surface area contributed by atoms with Crippen molar-refractivity contribution in [3.63, 3.8) is 0 Å². The van der Waals surface area contributed by atoms with Crippen molar-refractivity contribution in [2.75, 3.05) is 36.5 Å². The Hall–Kier alpha value is -2.01. The average molecular weight is 319 g/mol. The maximum absolute atomic E-state index is 5.95. The molecule has 116 valence electrons. The summed E-state index contributed by atoms with van der Waals surface area (Å²) >= 11 is 5.95. The SMILES string of the molecule is COc1cnc(Cl)nc1N1CCN(c2ccccc2)CC1C. The van der Waals surface area contributed by atoms with Crippen molar-refractivity contribution in [3.05, 3.63) is 41.8 Å². The smallest absolute Gasteiger partial charge is 0.224 e. The fourth-order valence-electron chi connectivity index (χ4n) is 2.84. The summed E-state index contributed by atoms with van der Waals surface area (Å²) in [5, 5.41) is 0.244. The Balaban J connectivity index is 1.80. The summed E-state index contributed by atoms with van der Waals surface area (Å²) in [6.45, 7) is 4.90. The van der Waals surface area contributed by atoms with E-state index in [0.29, 0.717) is 11.8 Å². The van der Waals surface area contributed by atoms with Crippen LogP contribution in [0.15, 0.2) is 36.5 Å². The minimum atomic E-state index is 0.244. The molecule has 22 heavy (non-hydrogen) atoms. The van der Waals surface area contributed by atoms with Gasteiger partial charge in [-0.05, 0) is 30.7 Å². The van der Waals surface area contributed by atoms with Gasteiger partial charge in [0.2, 0.25) is 5.28 Å². The van der Waals surface area contributed by atoms with E-state index in [-0.39, 0.29) is 5.28 Å². The van der Waals surface area contributed by atoms with Crippen molar-refractivity contribution in [1.29, 1.82) is 0 Å². The molecular formula is C16H19ClN4O. The number of aromatic nitrogens is 2. The van der Waals surface area contributed by atoms with Gasteiger partial charge in [-0.15, -0.1) is 0 Å². The molecule has 0 bridgehead atoms. The second-order valence-electron chi connectivity index (χ2n) is 5.35. The van der Waals surface area contributed by atoms with E-state index in [4.69, 9.17) is 16.3 Å². The summed E-state index contributed by atoms with van der Waals surface area (Å²) in [4.78, 5) is 13.0. The third-order valence-corrected chi connectivity index (χ3v) is 4.13. The molecule has 0 aliphatic carbocycles. The van der Waals surface area contributed by atoms with Gasteiger partial charge in [0.25, 0.3) is 0 Å². The molecule has 1 atom stereocenters. The van der Waals surface area contributed by atoms with Crippen LogP contribution in [0, 0.1) is 0 Å². The number of ether oxygens (including phenoxy) is 1. The molecule has 0 radical (unpaired) electrons. The van der Waals surface area contributed by atoms with E-state index in [2.05, 4.69) is 51.0 Å². The fraction of sp³-hybridized carbons (Fsp3) is 0.375. The third kappa shape index (κ3) is 2.95. The van der Waals surface area contributed by atoms with E-state index in [9.17, 15) is 0 Å². The molecule has 1 aliphatic heterocycles. The lowest BCUT2D eigenvalue weighted by Crippen LogP contribution is -2.52. The number of nitrogens with zero attached hydrogens (tertiary/aromatic N) is 4. The zero-order chi connectivity index (χ0) is 15.5. The number of methoxy groups -OCH3 is 1. The van der Waals surface area contributed by atoms with Crippen LogP contribution in [0.2, 0.25) is 5.28 Å². The molecular weight excluding hydrogens is 300 g/mol. The standard InChI is InChI=1S/C16H19ClN4O/c1-12-11-20(13-6-4-3-5-7-13)8-9-21(12)15-14(22-2)10-18-16(17)19-15/h3-7,10,12H,8-9,11H2,1-2H3. The first-order chi connectivity index (χ1) is 10.7. The van der Waals surface area contributed by atoms with Crippen LogP contribution in [0.4, 0.5) is 11.5 Å². The number of hydrogen-bond acceptors (Lipinski definition) is 5. The second kappa shape index (κ2) is 6.40. The van der Waals surface area contributed by atoms with Crippen LogP contribution in [0.1, 0.15) is 6.92 Å². The fourth-order valence-corrected chi connectivity index (χ4v) is 2.97. The second-order valence-corrected chi connectivity index (χ2v) is 5.69. The van der Waals surface area contributed by atoms with Gasteiger partial charge in [0.05, 0.1) is 13.3 Å². The molecule has 3 rings (SSSR count). The van der Waals surface area contributed by atoms with Crippen molar-refractivity contribution in [2.24, 2.45) is 0 Å². The largest absolute Gasteiger partial charge is 0.491 e. The molecule has 1 fully saturated rings. The molecule has 1 aliphatic rings. The first-order valence-corrected chi connectivity index (χ1v) is 7.70. The lowest BCUT2D eigenvalue weighted by atomic mass is 10.1. The normalized spacial score (nSPS) is 18.4. The summed E-state index contributed by atoms with van der Waals surface area (Å²) in [7, 11) is 1.63. The molecule has 6 heteroatoms. The van der Waals surface area contributed by atoms with Crippen LogP contribution < -0.4 is 14.5 Å². The molecule has 1 unspecified atom stereocenters. The third-order valence-electron chi connectivity index (χ3n) is 3.95. The Kier molecular flexibility index (Phi) is 4.34. The Bertz CT molecular complexity index is 637. The Morgan fingerprint density at radius 3 is 2.68 bits per heavy atom. The summed E-state index contributed by atoms with van der Waals surface area (Å²) in [6, 6.07) is 10.8. The number of rotatable bonds is 3. The quantitative estimate of drug-likeness (QED) is 0.814. The van der Waals surface area contributed by atoms with Crippen LogP contribution in [-0.4, -0.2) is 42.8 Å².